The van der Waals surface area contributed by atoms with Crippen molar-refractivity contribution in [3.63, 3.8) is 0 Å². The molecule has 1 aromatic carbocycles. The Hall–Kier alpha value is -1.42. The van der Waals surface area contributed by atoms with Gasteiger partial charge in [-0.25, -0.2) is 4.39 Å². The van der Waals surface area contributed by atoms with Crippen molar-refractivity contribution in [1.29, 1.82) is 0 Å². The van der Waals surface area contributed by atoms with Crippen LogP contribution >= 0.6 is 0 Å². The first-order chi connectivity index (χ1) is 9.18. The Morgan fingerprint density at radius 2 is 2.26 bits per heavy atom. The van der Waals surface area contributed by atoms with E-state index in [2.05, 4.69) is 10.6 Å². The number of halogens is 1. The van der Waals surface area contributed by atoms with Crippen LogP contribution in [0.2, 0.25) is 0 Å². The van der Waals surface area contributed by atoms with Crippen molar-refractivity contribution in [2.45, 2.75) is 32.7 Å². The molecule has 104 valence electrons. The maximum Gasteiger partial charge on any atom is 0.227 e. The number of carbonyl (C=O) groups is 1. The number of rotatable bonds is 4. The zero-order chi connectivity index (χ0) is 13.7. The van der Waals surface area contributed by atoms with E-state index in [9.17, 15) is 9.18 Å². The van der Waals surface area contributed by atoms with Crippen LogP contribution in [0.25, 0.3) is 0 Å². The van der Waals surface area contributed by atoms with Crippen molar-refractivity contribution in [3.8, 4) is 0 Å². The summed E-state index contributed by atoms with van der Waals surface area (Å²) >= 11 is 0. The van der Waals surface area contributed by atoms with E-state index in [1.165, 1.54) is 6.07 Å². The normalized spacial score (nSPS) is 23.1. The highest BCUT2D eigenvalue weighted by Gasteiger charge is 2.37. The van der Waals surface area contributed by atoms with E-state index in [4.69, 9.17) is 0 Å². The molecule has 4 heteroatoms. The Bertz CT molecular complexity index is 442. The number of nitrogens with one attached hydrogen (secondary N) is 2. The summed E-state index contributed by atoms with van der Waals surface area (Å²) in [5, 5.41) is 6.16. The van der Waals surface area contributed by atoms with Crippen LogP contribution in [0.3, 0.4) is 0 Å². The molecular weight excluding hydrogens is 243 g/mol. The van der Waals surface area contributed by atoms with E-state index in [-0.39, 0.29) is 23.7 Å². The molecule has 2 N–H and O–H groups in total. The minimum atomic E-state index is -0.330. The number of hydrogen-bond acceptors (Lipinski definition) is 2. The number of amides is 1. The van der Waals surface area contributed by atoms with Gasteiger partial charge in [0.1, 0.15) is 5.82 Å². The number of hydrogen-bond donors (Lipinski definition) is 2. The van der Waals surface area contributed by atoms with Crippen molar-refractivity contribution < 1.29 is 9.18 Å². The Labute approximate surface area is 113 Å². The van der Waals surface area contributed by atoms with Crippen LogP contribution in [0, 0.1) is 11.2 Å². The molecule has 3 nitrogen and oxygen atoms in total. The van der Waals surface area contributed by atoms with Gasteiger partial charge in [-0.2, -0.15) is 0 Å². The topological polar surface area (TPSA) is 41.1 Å². The van der Waals surface area contributed by atoms with E-state index in [0.29, 0.717) is 12.1 Å². The lowest BCUT2D eigenvalue weighted by Crippen LogP contribution is -2.50. The van der Waals surface area contributed by atoms with Gasteiger partial charge in [-0.3, -0.25) is 4.79 Å². The summed E-state index contributed by atoms with van der Waals surface area (Å²) in [7, 11) is 0. The predicted molar refractivity (Wildman–Crippen MR) is 73.1 cm³/mol. The number of benzene rings is 1. The molecule has 0 aliphatic carbocycles. The average Bonchev–Trinajstić information content (AvgIpc) is 2.46. The average molecular weight is 264 g/mol. The molecule has 1 amide bonds. The van der Waals surface area contributed by atoms with Crippen LogP contribution < -0.4 is 10.6 Å². The summed E-state index contributed by atoms with van der Waals surface area (Å²) in [5.74, 6) is -0.236. The zero-order valence-corrected chi connectivity index (χ0v) is 11.3. The Kier molecular flexibility index (Phi) is 4.53. The molecule has 0 bridgehead atoms. The highest BCUT2D eigenvalue weighted by atomic mass is 19.1. The van der Waals surface area contributed by atoms with Gasteiger partial charge < -0.3 is 10.6 Å². The third kappa shape index (κ3) is 3.13. The van der Waals surface area contributed by atoms with Gasteiger partial charge in [0.15, 0.2) is 0 Å². The minimum Gasteiger partial charge on any atom is -0.351 e. The van der Waals surface area contributed by atoms with Crippen LogP contribution in [0.15, 0.2) is 24.3 Å². The summed E-state index contributed by atoms with van der Waals surface area (Å²) in [4.78, 5) is 12.4. The van der Waals surface area contributed by atoms with Gasteiger partial charge in [0.2, 0.25) is 5.91 Å². The fourth-order valence-electron chi connectivity index (χ4n) is 2.63. The molecule has 1 aliphatic rings. The largest absolute Gasteiger partial charge is 0.351 e. The zero-order valence-electron chi connectivity index (χ0n) is 11.3. The standard InChI is InChI=1S/C15H21FN2O/c1-2-15(8-5-9-17-11-15)14(19)18-10-12-6-3-4-7-13(12)16/h3-4,6-7,17H,2,5,8-11H2,1H3,(H,18,19). The van der Waals surface area contributed by atoms with Gasteiger partial charge in [-0.15, -0.1) is 0 Å². The van der Waals surface area contributed by atoms with E-state index in [1.807, 2.05) is 6.92 Å². The first-order valence-electron chi connectivity index (χ1n) is 6.90. The Balaban J connectivity index is 1.98. The molecule has 0 saturated carbocycles. The van der Waals surface area contributed by atoms with Crippen LogP contribution in [-0.4, -0.2) is 19.0 Å². The van der Waals surface area contributed by atoms with Crippen molar-refractivity contribution in [2.75, 3.05) is 13.1 Å². The molecule has 1 saturated heterocycles. The fraction of sp³-hybridized carbons (Fsp3) is 0.533. The molecule has 0 aromatic heterocycles. The lowest BCUT2D eigenvalue weighted by molar-refractivity contribution is -0.132. The van der Waals surface area contributed by atoms with Gasteiger partial charge in [0.25, 0.3) is 0 Å². The summed E-state index contributed by atoms with van der Waals surface area (Å²) in [6, 6.07) is 6.55. The molecule has 1 aromatic rings. The molecule has 1 fully saturated rings. The van der Waals surface area contributed by atoms with Crippen LogP contribution in [0.5, 0.6) is 0 Å². The van der Waals surface area contributed by atoms with Gasteiger partial charge in [0, 0.05) is 18.7 Å². The molecule has 1 heterocycles. The summed E-state index contributed by atoms with van der Waals surface area (Å²) in [6.45, 7) is 3.98. The van der Waals surface area contributed by atoms with Gasteiger partial charge >= 0.3 is 0 Å². The second kappa shape index (κ2) is 6.15. The van der Waals surface area contributed by atoms with Crippen LogP contribution in [0.1, 0.15) is 31.7 Å². The molecule has 1 atom stereocenters. The maximum absolute atomic E-state index is 13.5. The quantitative estimate of drug-likeness (QED) is 0.875. The first kappa shape index (κ1) is 14.0. The highest BCUT2D eigenvalue weighted by Crippen LogP contribution is 2.30. The smallest absolute Gasteiger partial charge is 0.227 e. The van der Waals surface area contributed by atoms with E-state index in [0.717, 1.165) is 25.8 Å². The van der Waals surface area contributed by atoms with Gasteiger partial charge in [-0.05, 0) is 31.9 Å². The maximum atomic E-state index is 13.5. The summed E-state index contributed by atoms with van der Waals surface area (Å²) < 4.78 is 13.5. The summed E-state index contributed by atoms with van der Waals surface area (Å²) in [5.41, 5.74) is 0.203. The summed E-state index contributed by atoms with van der Waals surface area (Å²) in [6.07, 6.45) is 2.73. The predicted octanol–water partition coefficient (Wildman–Crippen LogP) is 2.22. The monoisotopic (exact) mass is 264 g/mol. The third-order valence-corrected chi connectivity index (χ3v) is 4.03. The lowest BCUT2D eigenvalue weighted by atomic mass is 9.77. The van der Waals surface area contributed by atoms with E-state index < -0.39 is 0 Å². The van der Waals surface area contributed by atoms with Crippen molar-refractivity contribution in [2.24, 2.45) is 5.41 Å². The molecule has 0 spiro atoms. The molecule has 1 unspecified atom stereocenters. The lowest BCUT2D eigenvalue weighted by Gasteiger charge is -2.35. The van der Waals surface area contributed by atoms with Crippen molar-refractivity contribution in [3.05, 3.63) is 35.6 Å². The second-order valence-corrected chi connectivity index (χ2v) is 5.19. The van der Waals surface area contributed by atoms with Crippen LogP contribution in [0.4, 0.5) is 4.39 Å². The SMILES string of the molecule is CCC1(C(=O)NCc2ccccc2F)CCCNC1. The molecular formula is C15H21FN2O. The molecule has 1 aliphatic heterocycles. The van der Waals surface area contributed by atoms with Crippen LogP contribution in [-0.2, 0) is 11.3 Å². The number of piperidine rings is 1. The number of carbonyl (C=O) groups excluding carboxylic acids is 1. The molecule has 19 heavy (non-hydrogen) atoms. The Morgan fingerprint density at radius 1 is 1.47 bits per heavy atom. The minimum absolute atomic E-state index is 0.0328. The van der Waals surface area contributed by atoms with Crippen molar-refractivity contribution in [1.82, 2.24) is 10.6 Å². The molecule has 0 radical (unpaired) electrons. The highest BCUT2D eigenvalue weighted by molar-refractivity contribution is 5.83. The Morgan fingerprint density at radius 3 is 2.89 bits per heavy atom. The second-order valence-electron chi connectivity index (χ2n) is 5.19. The third-order valence-electron chi connectivity index (χ3n) is 4.03. The van der Waals surface area contributed by atoms with E-state index >= 15 is 0 Å². The van der Waals surface area contributed by atoms with Crippen molar-refractivity contribution >= 4 is 5.91 Å². The molecule has 2 rings (SSSR count). The van der Waals surface area contributed by atoms with Gasteiger partial charge in [0.05, 0.1) is 5.41 Å². The van der Waals surface area contributed by atoms with Gasteiger partial charge in [-0.1, -0.05) is 25.1 Å². The fourth-order valence-corrected chi connectivity index (χ4v) is 2.63. The first-order valence-corrected chi connectivity index (χ1v) is 6.90. The van der Waals surface area contributed by atoms with E-state index in [1.54, 1.807) is 18.2 Å².